The highest BCUT2D eigenvalue weighted by Gasteiger charge is 2.17. The van der Waals surface area contributed by atoms with E-state index in [1.54, 1.807) is 46.8 Å². The summed E-state index contributed by atoms with van der Waals surface area (Å²) in [6, 6.07) is 9.57. The van der Waals surface area contributed by atoms with Crippen molar-refractivity contribution in [3.63, 3.8) is 0 Å². The molecule has 1 N–H and O–H groups in total. The summed E-state index contributed by atoms with van der Waals surface area (Å²) in [5.74, 6) is 8.65. The van der Waals surface area contributed by atoms with Crippen LogP contribution >= 0.6 is 0 Å². The molecule has 1 saturated heterocycles. The summed E-state index contributed by atoms with van der Waals surface area (Å²) in [7, 11) is 8.44. The minimum absolute atomic E-state index is 0.388. The van der Waals surface area contributed by atoms with Gasteiger partial charge in [-0.1, -0.05) is 11.8 Å². The predicted octanol–water partition coefficient (Wildman–Crippen LogP) is 3.87. The monoisotopic (exact) mass is 515 g/mol. The first-order valence-electron chi connectivity index (χ1n) is 12.4. The Labute approximate surface area is 223 Å². The van der Waals surface area contributed by atoms with Gasteiger partial charge in [0.1, 0.15) is 11.8 Å². The van der Waals surface area contributed by atoms with Crippen molar-refractivity contribution in [1.82, 2.24) is 14.8 Å². The smallest absolute Gasteiger partial charge is 0.203 e. The van der Waals surface area contributed by atoms with Crippen molar-refractivity contribution in [2.24, 2.45) is 0 Å². The van der Waals surface area contributed by atoms with E-state index in [0.29, 0.717) is 45.5 Å². The van der Waals surface area contributed by atoms with Crippen molar-refractivity contribution >= 4 is 22.3 Å². The number of hydrogen-bond acceptors (Lipinski definition) is 9. The molecule has 0 spiro atoms. The topological polar surface area (TPSA) is 92.1 Å². The standard InChI is InChI=1S/C29H33N5O4/c1-33-10-12-34(13-11-33)9-7-6-8-20-14-24-23(17-25(20)35-2)28(21(18-30)19-31-24)32-22-15-26(36-3)29(38-5)27(16-22)37-4/h14-17,19H,7,9-13H2,1-5H3,(H,31,32). The van der Waals surface area contributed by atoms with E-state index in [1.165, 1.54) is 0 Å². The van der Waals surface area contributed by atoms with Gasteiger partial charge in [-0.25, -0.2) is 0 Å². The van der Waals surface area contributed by atoms with Gasteiger partial charge in [-0.15, -0.1) is 0 Å². The number of nitrogens with one attached hydrogen (secondary N) is 1. The molecule has 2 aromatic carbocycles. The number of likely N-dealkylation sites (N-methyl/N-ethyl adjacent to an activating group) is 1. The lowest BCUT2D eigenvalue weighted by atomic mass is 10.1. The molecule has 1 aromatic heterocycles. The van der Waals surface area contributed by atoms with E-state index in [-0.39, 0.29) is 0 Å². The van der Waals surface area contributed by atoms with Crippen LogP contribution in [0, 0.1) is 23.2 Å². The van der Waals surface area contributed by atoms with Crippen LogP contribution in [0.2, 0.25) is 0 Å². The van der Waals surface area contributed by atoms with Crippen LogP contribution in [0.4, 0.5) is 11.4 Å². The van der Waals surface area contributed by atoms with Crippen LogP contribution < -0.4 is 24.3 Å². The average molecular weight is 516 g/mol. The van der Waals surface area contributed by atoms with Crippen LogP contribution in [0.1, 0.15) is 17.5 Å². The SMILES string of the molecule is COc1cc2c(Nc3cc(OC)c(OC)c(OC)c3)c(C#N)cnc2cc1C#CCCN1CCN(C)CC1. The fraction of sp³-hybridized carbons (Fsp3) is 0.379. The first-order valence-corrected chi connectivity index (χ1v) is 12.4. The summed E-state index contributed by atoms with van der Waals surface area (Å²) in [6.45, 7) is 5.28. The van der Waals surface area contributed by atoms with Gasteiger partial charge in [-0.3, -0.25) is 9.88 Å². The fourth-order valence-electron chi connectivity index (χ4n) is 4.45. The zero-order chi connectivity index (χ0) is 27.1. The van der Waals surface area contributed by atoms with Crippen LogP contribution in [0.15, 0.2) is 30.5 Å². The molecule has 4 rings (SSSR count). The van der Waals surface area contributed by atoms with E-state index >= 15 is 0 Å². The Hall–Kier alpha value is -4.18. The maximum Gasteiger partial charge on any atom is 0.203 e. The average Bonchev–Trinajstić information content (AvgIpc) is 2.95. The van der Waals surface area contributed by atoms with Crippen LogP contribution in [0.3, 0.4) is 0 Å². The number of nitrogens with zero attached hydrogens (tertiary/aromatic N) is 4. The Balaban J connectivity index is 1.66. The summed E-state index contributed by atoms with van der Waals surface area (Å²) >= 11 is 0. The normalized spacial score (nSPS) is 13.8. The van der Waals surface area contributed by atoms with E-state index in [9.17, 15) is 5.26 Å². The molecule has 0 bridgehead atoms. The van der Waals surface area contributed by atoms with Crippen molar-refractivity contribution in [3.8, 4) is 40.9 Å². The number of anilines is 2. The molecule has 1 aliphatic rings. The molecular weight excluding hydrogens is 482 g/mol. The molecule has 9 heteroatoms. The van der Waals surface area contributed by atoms with Gasteiger partial charge in [-0.2, -0.15) is 5.26 Å². The summed E-state index contributed by atoms with van der Waals surface area (Å²) in [4.78, 5) is 9.31. The maximum atomic E-state index is 9.83. The summed E-state index contributed by atoms with van der Waals surface area (Å²) < 4.78 is 22.1. The number of ether oxygens (including phenoxy) is 4. The minimum Gasteiger partial charge on any atom is -0.495 e. The number of benzene rings is 2. The molecule has 3 aromatic rings. The number of fused-ring (bicyclic) bond motifs is 1. The Morgan fingerprint density at radius 1 is 0.895 bits per heavy atom. The second-order valence-electron chi connectivity index (χ2n) is 8.96. The quantitative estimate of drug-likeness (QED) is 0.449. The minimum atomic E-state index is 0.388. The highest BCUT2D eigenvalue weighted by Crippen LogP contribution is 2.42. The van der Waals surface area contributed by atoms with Crippen LogP contribution in [-0.2, 0) is 0 Å². The number of aromatic nitrogens is 1. The van der Waals surface area contributed by atoms with E-state index in [4.69, 9.17) is 18.9 Å². The number of methoxy groups -OCH3 is 4. The van der Waals surface area contributed by atoms with Gasteiger partial charge >= 0.3 is 0 Å². The number of hydrogen-bond donors (Lipinski definition) is 1. The first-order chi connectivity index (χ1) is 18.5. The molecule has 0 radical (unpaired) electrons. The van der Waals surface area contributed by atoms with Crippen molar-refractivity contribution in [1.29, 1.82) is 5.26 Å². The summed E-state index contributed by atoms with van der Waals surface area (Å²) in [5, 5.41) is 13.9. The van der Waals surface area contributed by atoms with Gasteiger partial charge in [0, 0.05) is 68.5 Å². The molecular formula is C29H33N5O4. The van der Waals surface area contributed by atoms with Crippen molar-refractivity contribution in [2.75, 3.05) is 73.5 Å². The Morgan fingerprint density at radius 2 is 1.58 bits per heavy atom. The van der Waals surface area contributed by atoms with Gasteiger partial charge in [0.25, 0.3) is 0 Å². The third kappa shape index (κ3) is 5.86. The largest absolute Gasteiger partial charge is 0.495 e. The Kier molecular flexibility index (Phi) is 8.75. The number of piperazine rings is 1. The first kappa shape index (κ1) is 26.9. The second kappa shape index (κ2) is 12.4. The van der Waals surface area contributed by atoms with E-state index in [1.807, 2.05) is 12.1 Å². The molecule has 0 unspecified atom stereocenters. The van der Waals surface area contributed by atoms with Gasteiger partial charge < -0.3 is 29.2 Å². The third-order valence-electron chi connectivity index (χ3n) is 6.62. The highest BCUT2D eigenvalue weighted by atomic mass is 16.5. The molecule has 0 amide bonds. The van der Waals surface area contributed by atoms with Crippen molar-refractivity contribution in [3.05, 3.63) is 41.6 Å². The molecule has 1 aliphatic heterocycles. The number of pyridine rings is 1. The van der Waals surface area contributed by atoms with Crippen LogP contribution in [0.5, 0.6) is 23.0 Å². The number of nitriles is 1. The highest BCUT2D eigenvalue weighted by molar-refractivity contribution is 5.97. The van der Waals surface area contributed by atoms with Gasteiger partial charge in [0.2, 0.25) is 5.75 Å². The molecule has 0 saturated carbocycles. The molecule has 38 heavy (non-hydrogen) atoms. The lowest BCUT2D eigenvalue weighted by molar-refractivity contribution is 0.157. The molecule has 0 atom stereocenters. The Bertz CT molecular complexity index is 1370. The Morgan fingerprint density at radius 3 is 2.18 bits per heavy atom. The van der Waals surface area contributed by atoms with E-state index in [2.05, 4.69) is 45.1 Å². The lowest BCUT2D eigenvalue weighted by Gasteiger charge is -2.31. The third-order valence-corrected chi connectivity index (χ3v) is 6.62. The van der Waals surface area contributed by atoms with Gasteiger partial charge in [-0.05, 0) is 19.2 Å². The van der Waals surface area contributed by atoms with Crippen molar-refractivity contribution < 1.29 is 18.9 Å². The lowest BCUT2D eigenvalue weighted by Crippen LogP contribution is -2.44. The zero-order valence-electron chi connectivity index (χ0n) is 22.6. The zero-order valence-corrected chi connectivity index (χ0v) is 22.6. The maximum absolute atomic E-state index is 9.83. The summed E-state index contributed by atoms with van der Waals surface area (Å²) in [5.41, 5.74) is 3.10. The molecule has 1 fully saturated rings. The molecule has 2 heterocycles. The van der Waals surface area contributed by atoms with E-state index < -0.39 is 0 Å². The van der Waals surface area contributed by atoms with Crippen LogP contribution in [-0.4, -0.2) is 83.0 Å². The molecule has 0 aliphatic carbocycles. The summed E-state index contributed by atoms with van der Waals surface area (Å²) in [6.07, 6.45) is 2.33. The predicted molar refractivity (Wildman–Crippen MR) is 148 cm³/mol. The van der Waals surface area contributed by atoms with Crippen molar-refractivity contribution in [2.45, 2.75) is 6.42 Å². The second-order valence-corrected chi connectivity index (χ2v) is 8.96. The molecule has 198 valence electrons. The van der Waals surface area contributed by atoms with E-state index in [0.717, 1.165) is 50.1 Å². The van der Waals surface area contributed by atoms with Gasteiger partial charge in [0.15, 0.2) is 11.5 Å². The fourth-order valence-corrected chi connectivity index (χ4v) is 4.45. The van der Waals surface area contributed by atoms with Gasteiger partial charge in [0.05, 0.1) is 50.8 Å². The molecule has 9 nitrogen and oxygen atoms in total. The van der Waals surface area contributed by atoms with Crippen LogP contribution in [0.25, 0.3) is 10.9 Å². The number of rotatable bonds is 8.